The first-order chi connectivity index (χ1) is 12.6. The molecular formula is C18H17N5O3. The minimum absolute atomic E-state index is 0.297. The van der Waals surface area contributed by atoms with E-state index in [1.165, 1.54) is 15.9 Å². The molecule has 0 spiro atoms. The van der Waals surface area contributed by atoms with Crippen LogP contribution in [0.1, 0.15) is 22.0 Å². The number of amides is 1. The molecule has 1 aromatic heterocycles. The van der Waals surface area contributed by atoms with Gasteiger partial charge >= 0.3 is 5.97 Å². The molecule has 3 aromatic rings. The van der Waals surface area contributed by atoms with Crippen LogP contribution in [0, 0.1) is 0 Å². The van der Waals surface area contributed by atoms with Crippen molar-refractivity contribution in [3.8, 4) is 5.69 Å². The van der Waals surface area contributed by atoms with Gasteiger partial charge in [-0.05, 0) is 28.6 Å². The average molecular weight is 351 g/mol. The molecule has 1 heterocycles. The molecule has 0 aliphatic carbocycles. The second-order valence-corrected chi connectivity index (χ2v) is 5.73. The maximum atomic E-state index is 12.6. The maximum absolute atomic E-state index is 12.6. The van der Waals surface area contributed by atoms with Crippen molar-refractivity contribution in [1.82, 2.24) is 25.1 Å². The summed E-state index contributed by atoms with van der Waals surface area (Å²) in [5.74, 6) is -0.926. The summed E-state index contributed by atoms with van der Waals surface area (Å²) in [6, 6.07) is 15.6. The molecule has 0 saturated heterocycles. The van der Waals surface area contributed by atoms with Gasteiger partial charge in [0, 0.05) is 19.7 Å². The van der Waals surface area contributed by atoms with Crippen molar-refractivity contribution in [2.45, 2.75) is 6.10 Å². The first-order valence-corrected chi connectivity index (χ1v) is 7.87. The van der Waals surface area contributed by atoms with Gasteiger partial charge in [0.2, 0.25) is 6.10 Å². The van der Waals surface area contributed by atoms with Gasteiger partial charge < -0.3 is 9.64 Å². The monoisotopic (exact) mass is 351 g/mol. The summed E-state index contributed by atoms with van der Waals surface area (Å²) < 4.78 is 6.95. The van der Waals surface area contributed by atoms with Crippen LogP contribution in [0.2, 0.25) is 0 Å². The fourth-order valence-electron chi connectivity index (χ4n) is 2.35. The summed E-state index contributed by atoms with van der Waals surface area (Å²) >= 11 is 0. The molecule has 0 N–H and O–H groups in total. The number of carbonyl (C=O) groups is 2. The molecule has 1 amide bonds. The molecule has 0 aliphatic rings. The quantitative estimate of drug-likeness (QED) is 0.649. The van der Waals surface area contributed by atoms with E-state index in [0.29, 0.717) is 16.8 Å². The average Bonchev–Trinajstić information content (AvgIpc) is 3.21. The number of hydrogen-bond acceptors (Lipinski definition) is 6. The van der Waals surface area contributed by atoms with E-state index in [2.05, 4.69) is 15.5 Å². The van der Waals surface area contributed by atoms with E-state index in [1.54, 1.807) is 62.6 Å². The lowest BCUT2D eigenvalue weighted by molar-refractivity contribution is -0.138. The number of esters is 1. The normalized spacial score (nSPS) is 11.6. The molecule has 26 heavy (non-hydrogen) atoms. The number of aromatic nitrogens is 4. The number of rotatable bonds is 5. The Hall–Kier alpha value is -3.55. The van der Waals surface area contributed by atoms with Crippen LogP contribution in [-0.4, -0.2) is 51.1 Å². The van der Waals surface area contributed by atoms with Crippen LogP contribution in [0.25, 0.3) is 5.69 Å². The zero-order valence-electron chi connectivity index (χ0n) is 14.3. The van der Waals surface area contributed by atoms with E-state index < -0.39 is 12.1 Å². The number of ether oxygens (including phenoxy) is 1. The summed E-state index contributed by atoms with van der Waals surface area (Å²) in [6.07, 6.45) is 0.405. The van der Waals surface area contributed by atoms with Crippen LogP contribution < -0.4 is 0 Å². The highest BCUT2D eigenvalue weighted by Gasteiger charge is 2.27. The summed E-state index contributed by atoms with van der Waals surface area (Å²) in [7, 11) is 3.23. The third-order valence-electron chi connectivity index (χ3n) is 3.69. The SMILES string of the molecule is CN(C)C(=O)[C@@H](OC(=O)c1cccc(-n2cnnn2)c1)c1ccccc1. The highest BCUT2D eigenvalue weighted by atomic mass is 16.5. The lowest BCUT2D eigenvalue weighted by Gasteiger charge is -2.21. The largest absolute Gasteiger partial charge is 0.444 e. The Morgan fingerprint density at radius 2 is 1.85 bits per heavy atom. The summed E-state index contributed by atoms with van der Waals surface area (Å²) in [5, 5.41) is 10.9. The second-order valence-electron chi connectivity index (χ2n) is 5.73. The van der Waals surface area contributed by atoms with Crippen molar-refractivity contribution in [3.05, 3.63) is 72.1 Å². The van der Waals surface area contributed by atoms with Crippen LogP contribution >= 0.6 is 0 Å². The first kappa shape index (κ1) is 17.3. The van der Waals surface area contributed by atoms with Crippen LogP contribution in [0.15, 0.2) is 60.9 Å². The van der Waals surface area contributed by atoms with Crippen molar-refractivity contribution in [3.63, 3.8) is 0 Å². The minimum Gasteiger partial charge on any atom is -0.444 e. The Bertz CT molecular complexity index is 894. The Kier molecular flexibility index (Phi) is 5.02. The maximum Gasteiger partial charge on any atom is 0.339 e. The predicted octanol–water partition coefficient (Wildman–Crippen LogP) is 1.65. The van der Waals surface area contributed by atoms with E-state index in [1.807, 2.05) is 6.07 Å². The van der Waals surface area contributed by atoms with Gasteiger partial charge in [-0.3, -0.25) is 4.79 Å². The smallest absolute Gasteiger partial charge is 0.339 e. The van der Waals surface area contributed by atoms with E-state index in [-0.39, 0.29) is 5.91 Å². The van der Waals surface area contributed by atoms with Crippen LogP contribution in [0.4, 0.5) is 0 Å². The van der Waals surface area contributed by atoms with Gasteiger partial charge in [0.1, 0.15) is 6.33 Å². The minimum atomic E-state index is -1.02. The van der Waals surface area contributed by atoms with Crippen LogP contribution in [-0.2, 0) is 9.53 Å². The summed E-state index contributed by atoms with van der Waals surface area (Å²) in [6.45, 7) is 0. The van der Waals surface area contributed by atoms with Crippen molar-refractivity contribution >= 4 is 11.9 Å². The lowest BCUT2D eigenvalue weighted by atomic mass is 10.1. The lowest BCUT2D eigenvalue weighted by Crippen LogP contribution is -2.31. The van der Waals surface area contributed by atoms with Gasteiger partial charge in [-0.25, -0.2) is 9.48 Å². The van der Waals surface area contributed by atoms with Gasteiger partial charge in [0.25, 0.3) is 5.91 Å². The molecule has 0 fully saturated rings. The fraction of sp³-hybridized carbons (Fsp3) is 0.167. The van der Waals surface area contributed by atoms with E-state index >= 15 is 0 Å². The molecule has 0 unspecified atom stereocenters. The van der Waals surface area contributed by atoms with Gasteiger partial charge in [0.15, 0.2) is 0 Å². The molecule has 0 aliphatic heterocycles. The van der Waals surface area contributed by atoms with Crippen molar-refractivity contribution in [2.24, 2.45) is 0 Å². The zero-order chi connectivity index (χ0) is 18.5. The van der Waals surface area contributed by atoms with Crippen LogP contribution in [0.5, 0.6) is 0 Å². The van der Waals surface area contributed by atoms with Gasteiger partial charge in [-0.2, -0.15) is 0 Å². The van der Waals surface area contributed by atoms with Gasteiger partial charge in [0.05, 0.1) is 11.3 Å². The van der Waals surface area contributed by atoms with Crippen molar-refractivity contribution in [2.75, 3.05) is 14.1 Å². The molecule has 1 atom stereocenters. The highest BCUT2D eigenvalue weighted by molar-refractivity contribution is 5.93. The zero-order valence-corrected chi connectivity index (χ0v) is 14.3. The molecule has 0 bridgehead atoms. The number of likely N-dealkylation sites (N-methyl/N-ethyl adjacent to an activating group) is 1. The molecule has 3 rings (SSSR count). The van der Waals surface area contributed by atoms with Crippen LogP contribution in [0.3, 0.4) is 0 Å². The fourth-order valence-corrected chi connectivity index (χ4v) is 2.35. The van der Waals surface area contributed by atoms with Crippen molar-refractivity contribution < 1.29 is 14.3 Å². The molecule has 8 heteroatoms. The Balaban J connectivity index is 1.86. The number of benzene rings is 2. The predicted molar refractivity (Wildman–Crippen MR) is 92.4 cm³/mol. The molecular weight excluding hydrogens is 334 g/mol. The number of hydrogen-bond donors (Lipinski definition) is 0. The third kappa shape index (κ3) is 3.75. The van der Waals surface area contributed by atoms with Gasteiger partial charge in [-0.1, -0.05) is 36.4 Å². The third-order valence-corrected chi connectivity index (χ3v) is 3.69. The topological polar surface area (TPSA) is 90.2 Å². The van der Waals surface area contributed by atoms with Crippen molar-refractivity contribution in [1.29, 1.82) is 0 Å². The van der Waals surface area contributed by atoms with E-state index in [9.17, 15) is 9.59 Å². The molecule has 132 valence electrons. The molecule has 0 saturated carbocycles. The summed E-state index contributed by atoms with van der Waals surface area (Å²) in [4.78, 5) is 26.5. The Morgan fingerprint density at radius 3 is 2.50 bits per heavy atom. The number of tetrazole rings is 1. The van der Waals surface area contributed by atoms with E-state index in [4.69, 9.17) is 4.74 Å². The molecule has 8 nitrogen and oxygen atoms in total. The van der Waals surface area contributed by atoms with Gasteiger partial charge in [-0.15, -0.1) is 5.10 Å². The first-order valence-electron chi connectivity index (χ1n) is 7.87. The summed E-state index contributed by atoms with van der Waals surface area (Å²) in [5.41, 5.74) is 1.52. The molecule has 0 radical (unpaired) electrons. The second kappa shape index (κ2) is 7.56. The Morgan fingerprint density at radius 1 is 1.08 bits per heavy atom. The van der Waals surface area contributed by atoms with E-state index in [0.717, 1.165) is 0 Å². The Labute approximate surface area is 150 Å². The number of nitrogens with zero attached hydrogens (tertiary/aromatic N) is 5. The highest BCUT2D eigenvalue weighted by Crippen LogP contribution is 2.22. The molecule has 2 aromatic carbocycles. The standard InChI is InChI=1S/C18H17N5O3/c1-22(2)17(24)16(13-7-4-3-5-8-13)26-18(25)14-9-6-10-15(11-14)23-12-19-20-21-23/h3-12,16H,1-2H3/t16-/m0/s1. The number of carbonyl (C=O) groups excluding carboxylic acids is 2.